The van der Waals surface area contributed by atoms with Gasteiger partial charge in [-0.2, -0.15) is 4.72 Å². The number of benzene rings is 1. The van der Waals surface area contributed by atoms with E-state index in [0.717, 1.165) is 10.2 Å². The Morgan fingerprint density at radius 3 is 2.19 bits per heavy atom. The molecule has 26 heavy (non-hydrogen) atoms. The van der Waals surface area contributed by atoms with Crippen molar-refractivity contribution in [2.45, 2.75) is 44.7 Å². The number of halogens is 1. The van der Waals surface area contributed by atoms with Crippen molar-refractivity contribution in [2.24, 2.45) is 5.92 Å². The van der Waals surface area contributed by atoms with Crippen molar-refractivity contribution in [3.05, 3.63) is 52.4 Å². The van der Waals surface area contributed by atoms with E-state index in [9.17, 15) is 13.2 Å². The monoisotopic (exact) mass is 442 g/mol. The molecule has 2 N–H and O–H groups in total. The number of furan rings is 1. The highest BCUT2D eigenvalue weighted by molar-refractivity contribution is 9.10. The van der Waals surface area contributed by atoms with Crippen LogP contribution in [0.25, 0.3) is 0 Å². The molecule has 0 bridgehead atoms. The fraction of sp³-hybridized carbons (Fsp3) is 0.389. The highest BCUT2D eigenvalue weighted by Crippen LogP contribution is 2.18. The molecule has 8 heteroatoms. The molecule has 6 nitrogen and oxygen atoms in total. The summed E-state index contributed by atoms with van der Waals surface area (Å²) in [5, 5.41) is 2.81. The minimum Gasteiger partial charge on any atom is -0.464 e. The highest BCUT2D eigenvalue weighted by Gasteiger charge is 2.29. The van der Waals surface area contributed by atoms with Gasteiger partial charge in [-0.25, -0.2) is 8.42 Å². The van der Waals surface area contributed by atoms with Crippen LogP contribution in [0.1, 0.15) is 38.3 Å². The molecule has 0 aliphatic carbocycles. The third-order valence-corrected chi connectivity index (χ3v) is 5.89. The van der Waals surface area contributed by atoms with Gasteiger partial charge < -0.3 is 9.73 Å². The van der Waals surface area contributed by atoms with Crippen LogP contribution in [0, 0.1) is 12.8 Å². The van der Waals surface area contributed by atoms with Crippen molar-refractivity contribution >= 4 is 31.9 Å². The molecule has 2 rings (SSSR count). The molecule has 2 atom stereocenters. The summed E-state index contributed by atoms with van der Waals surface area (Å²) in [5.74, 6) is 0.736. The van der Waals surface area contributed by atoms with Gasteiger partial charge in [0.25, 0.3) is 0 Å². The largest absolute Gasteiger partial charge is 0.464 e. The molecule has 0 aliphatic heterocycles. The highest BCUT2D eigenvalue weighted by atomic mass is 79.9. The standard InChI is InChI=1S/C18H23BrN2O4S/c1-11(2)17(18(22)20-13(4)16-10-5-12(3)25-16)21-26(23,24)15-8-6-14(19)7-9-15/h5-11,13,17,21H,1-4H3,(H,20,22)/t13?,17-/m0/s1. The second kappa shape index (κ2) is 8.37. The fourth-order valence-electron chi connectivity index (χ4n) is 2.40. The zero-order chi connectivity index (χ0) is 19.5. The molecule has 2 aromatic rings. The van der Waals surface area contributed by atoms with E-state index in [1.165, 1.54) is 12.1 Å². The van der Waals surface area contributed by atoms with E-state index in [1.807, 2.05) is 13.0 Å². The minimum atomic E-state index is -3.82. The van der Waals surface area contributed by atoms with E-state index in [0.29, 0.717) is 5.76 Å². The Bertz CT molecular complexity index is 860. The molecular weight excluding hydrogens is 420 g/mol. The van der Waals surface area contributed by atoms with Crippen LogP contribution in [0.4, 0.5) is 0 Å². The lowest BCUT2D eigenvalue weighted by Crippen LogP contribution is -2.50. The first-order valence-corrected chi connectivity index (χ1v) is 10.5. The van der Waals surface area contributed by atoms with E-state index in [-0.39, 0.29) is 16.9 Å². The molecular formula is C18H23BrN2O4S. The SMILES string of the molecule is Cc1ccc(C(C)NC(=O)[C@@H](NS(=O)(=O)c2ccc(Br)cc2)C(C)C)o1. The van der Waals surface area contributed by atoms with E-state index in [1.54, 1.807) is 39.0 Å². The van der Waals surface area contributed by atoms with Crippen LogP contribution in [0.15, 0.2) is 50.2 Å². The number of nitrogens with one attached hydrogen (secondary N) is 2. The zero-order valence-corrected chi connectivity index (χ0v) is 17.5. The van der Waals surface area contributed by atoms with Crippen LogP contribution in [-0.2, 0) is 14.8 Å². The molecule has 0 fully saturated rings. The maximum absolute atomic E-state index is 12.7. The van der Waals surface area contributed by atoms with E-state index in [2.05, 4.69) is 26.0 Å². The fourth-order valence-corrected chi connectivity index (χ4v) is 4.01. The molecule has 1 aromatic heterocycles. The van der Waals surface area contributed by atoms with Gasteiger partial charge in [0.2, 0.25) is 15.9 Å². The first-order valence-electron chi connectivity index (χ1n) is 8.25. The van der Waals surface area contributed by atoms with Crippen LogP contribution in [0.5, 0.6) is 0 Å². The van der Waals surface area contributed by atoms with Gasteiger partial charge in [-0.05, 0) is 56.2 Å². The summed E-state index contributed by atoms with van der Waals surface area (Å²) >= 11 is 3.27. The average Bonchev–Trinajstić information content (AvgIpc) is 2.99. The van der Waals surface area contributed by atoms with Gasteiger partial charge in [0.15, 0.2) is 0 Å². The Morgan fingerprint density at radius 1 is 1.08 bits per heavy atom. The Labute approximate surface area is 162 Å². The first kappa shape index (κ1) is 20.7. The Kier molecular flexibility index (Phi) is 6.65. The molecule has 1 unspecified atom stereocenters. The summed E-state index contributed by atoms with van der Waals surface area (Å²) in [7, 11) is -3.82. The van der Waals surface area contributed by atoms with Crippen molar-refractivity contribution in [3.63, 3.8) is 0 Å². The molecule has 0 saturated carbocycles. The molecule has 142 valence electrons. The normalized spacial score (nSPS) is 14.2. The van der Waals surface area contributed by atoms with E-state index in [4.69, 9.17) is 4.42 Å². The predicted octanol–water partition coefficient (Wildman–Crippen LogP) is 3.53. The minimum absolute atomic E-state index is 0.105. The van der Waals surface area contributed by atoms with Gasteiger partial charge >= 0.3 is 0 Å². The molecule has 1 amide bonds. The van der Waals surface area contributed by atoms with Crippen LogP contribution in [-0.4, -0.2) is 20.4 Å². The summed E-state index contributed by atoms with van der Waals surface area (Å²) in [4.78, 5) is 12.8. The van der Waals surface area contributed by atoms with Gasteiger partial charge in [0.05, 0.1) is 10.9 Å². The van der Waals surface area contributed by atoms with Crippen LogP contribution >= 0.6 is 15.9 Å². The lowest BCUT2D eigenvalue weighted by Gasteiger charge is -2.23. The first-order chi connectivity index (χ1) is 12.1. The van der Waals surface area contributed by atoms with Crippen molar-refractivity contribution in [1.82, 2.24) is 10.0 Å². The summed E-state index contributed by atoms with van der Waals surface area (Å²) in [6.45, 7) is 7.18. The lowest BCUT2D eigenvalue weighted by atomic mass is 10.0. The van der Waals surface area contributed by atoms with Gasteiger partial charge in [-0.15, -0.1) is 0 Å². The molecule has 0 radical (unpaired) electrons. The van der Waals surface area contributed by atoms with Crippen molar-refractivity contribution in [3.8, 4) is 0 Å². The summed E-state index contributed by atoms with van der Waals surface area (Å²) in [6, 6.07) is 8.58. The van der Waals surface area contributed by atoms with Crippen LogP contribution in [0.3, 0.4) is 0 Å². The molecule has 0 spiro atoms. The maximum atomic E-state index is 12.7. The van der Waals surface area contributed by atoms with Gasteiger partial charge in [-0.1, -0.05) is 29.8 Å². The molecule has 0 aliphatic rings. The second-order valence-corrected chi connectivity index (χ2v) is 9.11. The second-order valence-electron chi connectivity index (χ2n) is 6.48. The van der Waals surface area contributed by atoms with Crippen molar-refractivity contribution < 1.29 is 17.6 Å². The van der Waals surface area contributed by atoms with Crippen LogP contribution in [0.2, 0.25) is 0 Å². The van der Waals surface area contributed by atoms with Crippen LogP contribution < -0.4 is 10.0 Å². The average molecular weight is 443 g/mol. The number of hydrogen-bond acceptors (Lipinski definition) is 4. The predicted molar refractivity (Wildman–Crippen MR) is 103 cm³/mol. The zero-order valence-electron chi connectivity index (χ0n) is 15.1. The van der Waals surface area contributed by atoms with Gasteiger partial charge in [0.1, 0.15) is 17.6 Å². The number of carbonyl (C=O) groups is 1. The van der Waals surface area contributed by atoms with E-state index >= 15 is 0 Å². The number of sulfonamides is 1. The van der Waals surface area contributed by atoms with Gasteiger partial charge in [0, 0.05) is 4.47 Å². The third-order valence-electron chi connectivity index (χ3n) is 3.90. The number of amides is 1. The Hall–Kier alpha value is -1.64. The third kappa shape index (κ3) is 5.18. The smallest absolute Gasteiger partial charge is 0.241 e. The van der Waals surface area contributed by atoms with Crippen molar-refractivity contribution in [1.29, 1.82) is 0 Å². The van der Waals surface area contributed by atoms with Gasteiger partial charge in [-0.3, -0.25) is 4.79 Å². The number of carbonyl (C=O) groups excluding carboxylic acids is 1. The quantitative estimate of drug-likeness (QED) is 0.686. The topological polar surface area (TPSA) is 88.4 Å². The summed E-state index contributed by atoms with van der Waals surface area (Å²) in [6.07, 6.45) is 0. The number of aryl methyl sites for hydroxylation is 1. The Morgan fingerprint density at radius 2 is 1.69 bits per heavy atom. The molecule has 0 saturated heterocycles. The number of hydrogen-bond donors (Lipinski definition) is 2. The summed E-state index contributed by atoms with van der Waals surface area (Å²) in [5.41, 5.74) is 0. The molecule has 1 aromatic carbocycles. The number of rotatable bonds is 7. The maximum Gasteiger partial charge on any atom is 0.241 e. The molecule has 1 heterocycles. The lowest BCUT2D eigenvalue weighted by molar-refractivity contribution is -0.124. The summed E-state index contributed by atoms with van der Waals surface area (Å²) < 4.78 is 34.0. The Balaban J connectivity index is 2.14. The van der Waals surface area contributed by atoms with E-state index < -0.39 is 22.0 Å². The van der Waals surface area contributed by atoms with Crippen molar-refractivity contribution in [2.75, 3.05) is 0 Å².